The molecule has 0 aliphatic carbocycles. The van der Waals surface area contributed by atoms with E-state index in [-0.39, 0.29) is 29.2 Å². The van der Waals surface area contributed by atoms with E-state index in [2.05, 4.69) is 15.5 Å². The SMILES string of the molecule is O=C(O)Cc1nnc(SCC2(C(=O)O)CS[C@@H]3C(NC(=O)C(O)c4ccccc4)C(=O)N3C2)o1. The zero-order chi connectivity index (χ0) is 24.5. The van der Waals surface area contributed by atoms with Crippen LogP contribution in [-0.2, 0) is 25.6 Å². The first-order valence-electron chi connectivity index (χ1n) is 10.1. The van der Waals surface area contributed by atoms with Gasteiger partial charge in [0.2, 0.25) is 11.8 Å². The van der Waals surface area contributed by atoms with Gasteiger partial charge in [0.15, 0.2) is 6.10 Å². The molecule has 4 rings (SSSR count). The fourth-order valence-electron chi connectivity index (χ4n) is 3.62. The summed E-state index contributed by atoms with van der Waals surface area (Å²) in [5, 5.41) is 38.4. The number of carboxylic acids is 2. The molecule has 2 saturated heterocycles. The summed E-state index contributed by atoms with van der Waals surface area (Å²) in [7, 11) is 0. The highest BCUT2D eigenvalue weighted by Gasteiger charge is 2.57. The molecule has 0 saturated carbocycles. The largest absolute Gasteiger partial charge is 0.481 e. The summed E-state index contributed by atoms with van der Waals surface area (Å²) in [5.74, 6) is -3.28. The second kappa shape index (κ2) is 9.64. The van der Waals surface area contributed by atoms with Crippen LogP contribution < -0.4 is 5.32 Å². The molecule has 180 valence electrons. The fourth-order valence-corrected chi connectivity index (χ4v) is 6.26. The Kier molecular flexibility index (Phi) is 6.81. The van der Waals surface area contributed by atoms with Gasteiger partial charge in [0.05, 0.1) is 0 Å². The Labute approximate surface area is 201 Å². The minimum absolute atomic E-state index is 0.0181. The molecule has 34 heavy (non-hydrogen) atoms. The first kappa shape index (κ1) is 24.0. The van der Waals surface area contributed by atoms with Crippen molar-refractivity contribution in [3.8, 4) is 0 Å². The number of hydrogen-bond acceptors (Lipinski definition) is 10. The maximum absolute atomic E-state index is 12.7. The summed E-state index contributed by atoms with van der Waals surface area (Å²) in [6, 6.07) is 7.46. The number of carboxylic acid groups (broad SMARTS) is 2. The number of aliphatic hydroxyl groups is 1. The number of rotatable bonds is 9. The molecule has 4 N–H and O–H groups in total. The lowest BCUT2D eigenvalue weighted by Crippen LogP contribution is -2.74. The highest BCUT2D eigenvalue weighted by Crippen LogP contribution is 2.44. The van der Waals surface area contributed by atoms with Crippen molar-refractivity contribution in [3.63, 3.8) is 0 Å². The monoisotopic (exact) mass is 508 g/mol. The second-order valence-corrected chi connectivity index (χ2v) is 9.91. The van der Waals surface area contributed by atoms with Crippen LogP contribution in [0.15, 0.2) is 40.0 Å². The normalized spacial score (nSPS) is 24.6. The molecule has 3 unspecified atom stereocenters. The highest BCUT2D eigenvalue weighted by atomic mass is 32.2. The molecular weight excluding hydrogens is 488 g/mol. The van der Waals surface area contributed by atoms with E-state index in [4.69, 9.17) is 9.52 Å². The summed E-state index contributed by atoms with van der Waals surface area (Å²) >= 11 is 2.20. The number of amides is 2. The Bertz CT molecular complexity index is 1110. The Morgan fingerprint density at radius 2 is 2.00 bits per heavy atom. The Morgan fingerprint density at radius 3 is 2.68 bits per heavy atom. The number of thioether (sulfide) groups is 2. The molecule has 1 aromatic heterocycles. The lowest BCUT2D eigenvalue weighted by Gasteiger charge is -2.53. The molecule has 0 bridgehead atoms. The second-order valence-electron chi connectivity index (χ2n) is 7.87. The number of nitrogens with zero attached hydrogens (tertiary/aromatic N) is 3. The zero-order valence-corrected chi connectivity index (χ0v) is 19.1. The molecule has 12 nitrogen and oxygen atoms in total. The molecule has 2 aliphatic heterocycles. The molecule has 2 fully saturated rings. The molecule has 2 amide bonds. The number of β-lactam (4-membered cyclic amide) rings is 1. The number of carbonyl (C=O) groups excluding carboxylic acids is 2. The van der Waals surface area contributed by atoms with Gasteiger partial charge in [-0.2, -0.15) is 0 Å². The quantitative estimate of drug-likeness (QED) is 0.263. The van der Waals surface area contributed by atoms with Crippen LogP contribution in [0.25, 0.3) is 0 Å². The Balaban J connectivity index is 1.37. The molecule has 1 aromatic carbocycles. The number of benzene rings is 1. The van der Waals surface area contributed by atoms with Gasteiger partial charge in [-0.25, -0.2) is 0 Å². The summed E-state index contributed by atoms with van der Waals surface area (Å²) in [6.45, 7) is -0.0738. The van der Waals surface area contributed by atoms with Crippen molar-refractivity contribution in [1.82, 2.24) is 20.4 Å². The minimum atomic E-state index is -1.42. The number of aromatic nitrogens is 2. The maximum Gasteiger partial charge on any atom is 0.313 e. The molecule has 4 atom stereocenters. The summed E-state index contributed by atoms with van der Waals surface area (Å²) in [5.41, 5.74) is -0.907. The Hall–Kier alpha value is -3.10. The standard InChI is InChI=1S/C20H20N4O8S2/c25-12(26)6-11-22-23-19(32-11)34-9-20(18(30)31)7-24-16(29)13(17(24)33-8-20)21-15(28)14(27)10-4-2-1-3-5-10/h1-5,13-14,17,27H,6-9H2,(H,21,28)(H,25,26)(H,30,31)/t13?,14?,17-,20?/m1/s1. The van der Waals surface area contributed by atoms with Crippen molar-refractivity contribution in [2.75, 3.05) is 18.1 Å². The van der Waals surface area contributed by atoms with Gasteiger partial charge in [-0.3, -0.25) is 19.2 Å². The number of nitrogens with one attached hydrogen (secondary N) is 1. The van der Waals surface area contributed by atoms with Gasteiger partial charge in [-0.15, -0.1) is 22.0 Å². The molecule has 2 aromatic rings. The van der Waals surface area contributed by atoms with Crippen molar-refractivity contribution in [3.05, 3.63) is 41.8 Å². The van der Waals surface area contributed by atoms with Crippen LogP contribution in [0.4, 0.5) is 0 Å². The van der Waals surface area contributed by atoms with E-state index in [1.807, 2.05) is 0 Å². The molecule has 2 aliphatic rings. The molecule has 0 spiro atoms. The van der Waals surface area contributed by atoms with Crippen molar-refractivity contribution in [2.45, 2.75) is 29.2 Å². The van der Waals surface area contributed by atoms with Crippen LogP contribution in [0.1, 0.15) is 17.6 Å². The van der Waals surface area contributed by atoms with Crippen LogP contribution in [0.5, 0.6) is 0 Å². The molecular formula is C20H20N4O8S2. The Morgan fingerprint density at radius 1 is 1.26 bits per heavy atom. The molecule has 0 radical (unpaired) electrons. The average Bonchev–Trinajstić information content (AvgIpc) is 3.27. The third-order valence-corrected chi connectivity index (χ3v) is 8.18. The lowest BCUT2D eigenvalue weighted by atomic mass is 9.89. The number of carbonyl (C=O) groups is 4. The van der Waals surface area contributed by atoms with E-state index in [0.717, 1.165) is 11.8 Å². The van der Waals surface area contributed by atoms with Gasteiger partial charge in [0, 0.05) is 18.1 Å². The predicted molar refractivity (Wildman–Crippen MR) is 118 cm³/mol. The smallest absolute Gasteiger partial charge is 0.313 e. The number of hydrogen-bond donors (Lipinski definition) is 4. The maximum atomic E-state index is 12.7. The van der Waals surface area contributed by atoms with Crippen LogP contribution >= 0.6 is 23.5 Å². The molecule has 14 heteroatoms. The van der Waals surface area contributed by atoms with Crippen molar-refractivity contribution >= 4 is 47.3 Å². The van der Waals surface area contributed by atoms with Gasteiger partial charge < -0.3 is 30.0 Å². The van der Waals surface area contributed by atoms with E-state index in [9.17, 15) is 29.4 Å². The van der Waals surface area contributed by atoms with Gasteiger partial charge in [0.1, 0.15) is 23.3 Å². The van der Waals surface area contributed by atoms with Crippen LogP contribution in [0, 0.1) is 5.41 Å². The highest BCUT2D eigenvalue weighted by molar-refractivity contribution is 8.00. The number of aliphatic hydroxyl groups excluding tert-OH is 1. The fraction of sp³-hybridized carbons (Fsp3) is 0.400. The summed E-state index contributed by atoms with van der Waals surface area (Å²) < 4.78 is 5.22. The van der Waals surface area contributed by atoms with Gasteiger partial charge in [-0.05, 0) is 5.56 Å². The van der Waals surface area contributed by atoms with Crippen molar-refractivity contribution in [1.29, 1.82) is 0 Å². The first-order chi connectivity index (χ1) is 16.2. The van der Waals surface area contributed by atoms with Crippen LogP contribution in [0.2, 0.25) is 0 Å². The predicted octanol–water partition coefficient (Wildman–Crippen LogP) is -0.00670. The van der Waals surface area contributed by atoms with Crippen LogP contribution in [-0.4, -0.2) is 83.6 Å². The molecule has 3 heterocycles. The zero-order valence-electron chi connectivity index (χ0n) is 17.5. The van der Waals surface area contributed by atoms with E-state index in [0.29, 0.717) is 5.56 Å². The number of fused-ring (bicyclic) bond motifs is 1. The number of aliphatic carboxylic acids is 2. The average molecular weight is 509 g/mol. The third-order valence-electron chi connectivity index (χ3n) is 5.48. The van der Waals surface area contributed by atoms with E-state index in [1.165, 1.54) is 16.7 Å². The van der Waals surface area contributed by atoms with E-state index in [1.54, 1.807) is 30.3 Å². The van der Waals surface area contributed by atoms with Crippen LogP contribution in [0.3, 0.4) is 0 Å². The van der Waals surface area contributed by atoms with E-state index < -0.39 is 53.1 Å². The summed E-state index contributed by atoms with van der Waals surface area (Å²) in [4.78, 5) is 49.4. The van der Waals surface area contributed by atoms with Crippen molar-refractivity contribution in [2.24, 2.45) is 5.41 Å². The van der Waals surface area contributed by atoms with Gasteiger partial charge >= 0.3 is 11.9 Å². The first-order valence-corrected chi connectivity index (χ1v) is 12.1. The minimum Gasteiger partial charge on any atom is -0.481 e. The lowest BCUT2D eigenvalue weighted by molar-refractivity contribution is -0.158. The van der Waals surface area contributed by atoms with Crippen molar-refractivity contribution < 1.29 is 38.9 Å². The topological polar surface area (TPSA) is 183 Å². The third kappa shape index (κ3) is 4.74. The summed E-state index contributed by atoms with van der Waals surface area (Å²) in [6.07, 6.45) is -1.87. The van der Waals surface area contributed by atoms with Gasteiger partial charge in [0.25, 0.3) is 11.1 Å². The van der Waals surface area contributed by atoms with E-state index >= 15 is 0 Å². The van der Waals surface area contributed by atoms with Gasteiger partial charge in [-0.1, -0.05) is 42.1 Å².